The Balaban J connectivity index is 1.49. The van der Waals surface area contributed by atoms with Gasteiger partial charge < -0.3 is 28.6 Å². The van der Waals surface area contributed by atoms with Crippen molar-refractivity contribution in [1.82, 2.24) is 4.90 Å². The van der Waals surface area contributed by atoms with Gasteiger partial charge in [-0.1, -0.05) is 6.07 Å². The van der Waals surface area contributed by atoms with Crippen LogP contribution in [0.3, 0.4) is 0 Å². The SMILES string of the molecule is O=C([C@@H]1CCCO1)N(Cc1ccc2c(c1)OCO2)CC1OCCO1. The summed E-state index contributed by atoms with van der Waals surface area (Å²) in [6.07, 6.45) is 0.956. The number of benzene rings is 1. The zero-order valence-electron chi connectivity index (χ0n) is 13.4. The molecule has 3 aliphatic heterocycles. The Hall–Kier alpha value is -1.83. The average Bonchev–Trinajstić information content (AvgIpc) is 3.34. The van der Waals surface area contributed by atoms with Gasteiger partial charge in [0.2, 0.25) is 6.79 Å². The minimum absolute atomic E-state index is 0.00994. The van der Waals surface area contributed by atoms with E-state index >= 15 is 0 Å². The lowest BCUT2D eigenvalue weighted by Crippen LogP contribution is -2.42. The Morgan fingerprint density at radius 1 is 1.08 bits per heavy atom. The molecule has 3 heterocycles. The van der Waals surface area contributed by atoms with Crippen LogP contribution in [-0.4, -0.2) is 56.4 Å². The van der Waals surface area contributed by atoms with Crippen molar-refractivity contribution >= 4 is 5.91 Å². The second-order valence-electron chi connectivity index (χ2n) is 6.08. The number of hydrogen-bond donors (Lipinski definition) is 0. The third-order valence-electron chi connectivity index (χ3n) is 4.39. The molecule has 1 amide bonds. The van der Waals surface area contributed by atoms with Crippen molar-refractivity contribution in [1.29, 1.82) is 0 Å². The molecule has 2 fully saturated rings. The summed E-state index contributed by atoms with van der Waals surface area (Å²) in [6, 6.07) is 5.73. The fourth-order valence-electron chi connectivity index (χ4n) is 3.16. The Morgan fingerprint density at radius 2 is 1.92 bits per heavy atom. The number of hydrogen-bond acceptors (Lipinski definition) is 6. The second-order valence-corrected chi connectivity index (χ2v) is 6.08. The number of carbonyl (C=O) groups is 1. The van der Waals surface area contributed by atoms with Gasteiger partial charge in [-0.15, -0.1) is 0 Å². The fraction of sp³-hybridized carbons (Fsp3) is 0.588. The maximum atomic E-state index is 12.8. The monoisotopic (exact) mass is 335 g/mol. The van der Waals surface area contributed by atoms with E-state index in [1.54, 1.807) is 4.90 Å². The molecule has 0 saturated carbocycles. The molecule has 7 nitrogen and oxygen atoms in total. The van der Waals surface area contributed by atoms with Gasteiger partial charge in [-0.05, 0) is 30.5 Å². The van der Waals surface area contributed by atoms with Gasteiger partial charge in [0, 0.05) is 13.2 Å². The highest BCUT2D eigenvalue weighted by molar-refractivity contribution is 5.81. The van der Waals surface area contributed by atoms with E-state index in [1.165, 1.54) is 0 Å². The molecule has 4 rings (SSSR count). The van der Waals surface area contributed by atoms with Gasteiger partial charge in [0.05, 0.1) is 19.8 Å². The van der Waals surface area contributed by atoms with Crippen molar-refractivity contribution in [2.45, 2.75) is 31.8 Å². The van der Waals surface area contributed by atoms with Crippen molar-refractivity contribution in [3.63, 3.8) is 0 Å². The predicted molar refractivity (Wildman–Crippen MR) is 82.6 cm³/mol. The molecule has 0 aliphatic carbocycles. The summed E-state index contributed by atoms with van der Waals surface area (Å²) in [7, 11) is 0. The maximum Gasteiger partial charge on any atom is 0.252 e. The highest BCUT2D eigenvalue weighted by Gasteiger charge is 2.31. The maximum absolute atomic E-state index is 12.8. The molecule has 1 aromatic rings. The van der Waals surface area contributed by atoms with E-state index in [-0.39, 0.29) is 25.1 Å². The molecular formula is C17H21NO6. The van der Waals surface area contributed by atoms with Gasteiger partial charge in [-0.25, -0.2) is 0 Å². The molecule has 1 atom stereocenters. The van der Waals surface area contributed by atoms with Crippen molar-refractivity contribution in [3.8, 4) is 11.5 Å². The number of fused-ring (bicyclic) bond motifs is 1. The molecule has 0 spiro atoms. The average molecular weight is 335 g/mol. The molecule has 2 saturated heterocycles. The lowest BCUT2D eigenvalue weighted by molar-refractivity contribution is -0.147. The normalized spacial score (nSPS) is 22.9. The first-order chi connectivity index (χ1) is 11.8. The van der Waals surface area contributed by atoms with Crippen molar-refractivity contribution in [3.05, 3.63) is 23.8 Å². The third-order valence-corrected chi connectivity index (χ3v) is 4.39. The molecule has 0 unspecified atom stereocenters. The molecule has 130 valence electrons. The van der Waals surface area contributed by atoms with E-state index < -0.39 is 0 Å². The lowest BCUT2D eigenvalue weighted by atomic mass is 10.1. The molecular weight excluding hydrogens is 314 g/mol. The Kier molecular flexibility index (Phi) is 4.55. The van der Waals surface area contributed by atoms with Gasteiger partial charge in [-0.2, -0.15) is 0 Å². The third kappa shape index (κ3) is 3.33. The molecule has 0 N–H and O–H groups in total. The fourth-order valence-corrected chi connectivity index (χ4v) is 3.16. The van der Waals surface area contributed by atoms with Gasteiger partial charge >= 0.3 is 0 Å². The summed E-state index contributed by atoms with van der Waals surface area (Å²) in [5, 5.41) is 0. The summed E-state index contributed by atoms with van der Waals surface area (Å²) in [5.41, 5.74) is 0.976. The predicted octanol–water partition coefficient (Wildman–Crippen LogP) is 1.30. The summed E-state index contributed by atoms with van der Waals surface area (Å²) < 4.78 is 27.3. The number of amides is 1. The second kappa shape index (κ2) is 6.96. The molecule has 0 bridgehead atoms. The first-order valence-electron chi connectivity index (χ1n) is 8.32. The Bertz CT molecular complexity index is 595. The zero-order valence-corrected chi connectivity index (χ0v) is 13.4. The minimum Gasteiger partial charge on any atom is -0.454 e. The lowest BCUT2D eigenvalue weighted by Gasteiger charge is -2.27. The zero-order chi connectivity index (χ0) is 16.4. The number of nitrogens with zero attached hydrogens (tertiary/aromatic N) is 1. The summed E-state index contributed by atoms with van der Waals surface area (Å²) in [4.78, 5) is 14.6. The van der Waals surface area contributed by atoms with Crippen molar-refractivity contribution in [2.75, 3.05) is 33.2 Å². The van der Waals surface area contributed by atoms with Crippen LogP contribution in [-0.2, 0) is 25.5 Å². The van der Waals surface area contributed by atoms with Crippen LogP contribution >= 0.6 is 0 Å². The van der Waals surface area contributed by atoms with E-state index in [0.29, 0.717) is 38.7 Å². The van der Waals surface area contributed by atoms with Crippen molar-refractivity contribution in [2.24, 2.45) is 0 Å². The molecule has 1 aromatic carbocycles. The van der Waals surface area contributed by atoms with Crippen LogP contribution in [0, 0.1) is 0 Å². The first-order valence-corrected chi connectivity index (χ1v) is 8.32. The topological polar surface area (TPSA) is 66.5 Å². The Morgan fingerprint density at radius 3 is 2.71 bits per heavy atom. The molecule has 24 heavy (non-hydrogen) atoms. The minimum atomic E-state index is -0.371. The molecule has 3 aliphatic rings. The summed E-state index contributed by atoms with van der Waals surface area (Å²) in [5.74, 6) is 1.44. The summed E-state index contributed by atoms with van der Waals surface area (Å²) >= 11 is 0. The Labute approximate surface area is 140 Å². The smallest absolute Gasteiger partial charge is 0.252 e. The number of rotatable bonds is 5. The molecule has 0 radical (unpaired) electrons. The van der Waals surface area contributed by atoms with Gasteiger partial charge in [0.1, 0.15) is 6.10 Å². The van der Waals surface area contributed by atoms with Gasteiger partial charge in [0.25, 0.3) is 5.91 Å². The number of carbonyl (C=O) groups excluding carboxylic acids is 1. The molecule has 7 heteroatoms. The largest absolute Gasteiger partial charge is 0.454 e. The highest BCUT2D eigenvalue weighted by Crippen LogP contribution is 2.33. The molecule has 0 aromatic heterocycles. The van der Waals surface area contributed by atoms with E-state index in [2.05, 4.69) is 0 Å². The van der Waals surface area contributed by atoms with E-state index in [0.717, 1.165) is 24.2 Å². The van der Waals surface area contributed by atoms with Crippen LogP contribution < -0.4 is 9.47 Å². The number of ether oxygens (including phenoxy) is 5. The van der Waals surface area contributed by atoms with Crippen LogP contribution in [0.1, 0.15) is 18.4 Å². The van der Waals surface area contributed by atoms with E-state index in [9.17, 15) is 4.79 Å². The quantitative estimate of drug-likeness (QED) is 0.808. The van der Waals surface area contributed by atoms with Crippen molar-refractivity contribution < 1.29 is 28.5 Å². The van der Waals surface area contributed by atoms with Crippen LogP contribution in [0.2, 0.25) is 0 Å². The van der Waals surface area contributed by atoms with E-state index in [1.807, 2.05) is 18.2 Å². The van der Waals surface area contributed by atoms with Crippen LogP contribution in [0.25, 0.3) is 0 Å². The summed E-state index contributed by atoms with van der Waals surface area (Å²) in [6.45, 7) is 2.87. The first kappa shape index (κ1) is 15.7. The van der Waals surface area contributed by atoms with Crippen LogP contribution in [0.5, 0.6) is 11.5 Å². The standard InChI is InChI=1S/C17H21NO6/c19-17(14-2-1-5-20-14)18(10-16-21-6-7-22-16)9-12-3-4-13-15(8-12)24-11-23-13/h3-4,8,14,16H,1-2,5-7,9-11H2/t14-/m0/s1. The van der Waals surface area contributed by atoms with E-state index in [4.69, 9.17) is 23.7 Å². The van der Waals surface area contributed by atoms with Gasteiger partial charge in [-0.3, -0.25) is 4.79 Å². The van der Waals surface area contributed by atoms with Gasteiger partial charge in [0.15, 0.2) is 17.8 Å². The van der Waals surface area contributed by atoms with Crippen LogP contribution in [0.4, 0.5) is 0 Å². The van der Waals surface area contributed by atoms with Crippen LogP contribution in [0.15, 0.2) is 18.2 Å². The highest BCUT2D eigenvalue weighted by atomic mass is 16.7.